The number of aliphatic hydroxyl groups is 4. The summed E-state index contributed by atoms with van der Waals surface area (Å²) < 4.78 is 4.63. The van der Waals surface area contributed by atoms with Gasteiger partial charge >= 0.3 is 5.97 Å². The third-order valence-electron chi connectivity index (χ3n) is 2.22. The van der Waals surface area contributed by atoms with E-state index in [4.69, 9.17) is 15.3 Å². The van der Waals surface area contributed by atoms with Crippen LogP contribution in [0.25, 0.3) is 0 Å². The van der Waals surface area contributed by atoms with E-state index in [0.29, 0.717) is 12.8 Å². The number of carbonyl (C=O) groups is 1. The minimum absolute atomic E-state index is 0.125. The Labute approximate surface area is 80.7 Å². The summed E-state index contributed by atoms with van der Waals surface area (Å²) in [7, 11) is 0. The third kappa shape index (κ3) is 2.42. The SMILES string of the molecule is O=C1OC(C(O)CO)CCCC1(O)O. The van der Waals surface area contributed by atoms with Crippen molar-refractivity contribution in [3.63, 3.8) is 0 Å². The Morgan fingerprint density at radius 3 is 2.79 bits per heavy atom. The van der Waals surface area contributed by atoms with Crippen molar-refractivity contribution in [1.29, 1.82) is 0 Å². The van der Waals surface area contributed by atoms with Crippen LogP contribution in [0.3, 0.4) is 0 Å². The Hall–Kier alpha value is -0.690. The number of carbonyl (C=O) groups excluding carboxylic acids is 1. The monoisotopic (exact) mass is 206 g/mol. The van der Waals surface area contributed by atoms with Crippen molar-refractivity contribution in [2.75, 3.05) is 6.61 Å². The molecule has 1 fully saturated rings. The average Bonchev–Trinajstić information content (AvgIpc) is 2.26. The molecule has 0 aromatic heterocycles. The number of hydrogen-bond donors (Lipinski definition) is 4. The average molecular weight is 206 g/mol. The van der Waals surface area contributed by atoms with Gasteiger partial charge in [0, 0.05) is 6.42 Å². The molecule has 2 atom stereocenters. The molecular formula is C8H14O6. The minimum Gasteiger partial charge on any atom is -0.456 e. The van der Waals surface area contributed by atoms with Crippen molar-refractivity contribution < 1.29 is 30.0 Å². The van der Waals surface area contributed by atoms with E-state index in [2.05, 4.69) is 4.74 Å². The normalized spacial score (nSPS) is 29.1. The van der Waals surface area contributed by atoms with Gasteiger partial charge in [-0.25, -0.2) is 4.79 Å². The molecular weight excluding hydrogens is 192 g/mol. The van der Waals surface area contributed by atoms with E-state index in [0.717, 1.165) is 0 Å². The van der Waals surface area contributed by atoms with Crippen molar-refractivity contribution in [2.24, 2.45) is 0 Å². The lowest BCUT2D eigenvalue weighted by atomic mass is 10.1. The van der Waals surface area contributed by atoms with Crippen LogP contribution in [-0.2, 0) is 9.53 Å². The van der Waals surface area contributed by atoms with Crippen molar-refractivity contribution in [2.45, 2.75) is 37.3 Å². The summed E-state index contributed by atoms with van der Waals surface area (Å²) in [5.74, 6) is -3.64. The van der Waals surface area contributed by atoms with Crippen LogP contribution < -0.4 is 0 Å². The first kappa shape index (κ1) is 11.4. The van der Waals surface area contributed by atoms with Crippen LogP contribution in [0.15, 0.2) is 0 Å². The van der Waals surface area contributed by atoms with Crippen molar-refractivity contribution in [1.82, 2.24) is 0 Å². The molecule has 1 aliphatic rings. The molecule has 0 saturated carbocycles. The van der Waals surface area contributed by atoms with Crippen LogP contribution in [0.5, 0.6) is 0 Å². The van der Waals surface area contributed by atoms with Crippen LogP contribution >= 0.6 is 0 Å². The lowest BCUT2D eigenvalue weighted by Crippen LogP contribution is -2.41. The highest BCUT2D eigenvalue weighted by Crippen LogP contribution is 2.22. The molecule has 2 unspecified atom stereocenters. The van der Waals surface area contributed by atoms with Crippen LogP contribution in [0.2, 0.25) is 0 Å². The summed E-state index contributed by atoms with van der Waals surface area (Å²) in [6, 6.07) is 0. The summed E-state index contributed by atoms with van der Waals surface area (Å²) in [6.07, 6.45) is -1.53. The molecule has 14 heavy (non-hydrogen) atoms. The molecule has 0 radical (unpaired) electrons. The van der Waals surface area contributed by atoms with Crippen LogP contribution in [0.1, 0.15) is 19.3 Å². The van der Waals surface area contributed by atoms with Gasteiger partial charge in [0.25, 0.3) is 5.79 Å². The van der Waals surface area contributed by atoms with E-state index in [1.165, 1.54) is 0 Å². The maximum atomic E-state index is 11.1. The molecule has 0 aliphatic carbocycles. The van der Waals surface area contributed by atoms with Crippen LogP contribution in [-0.4, -0.2) is 51.0 Å². The van der Waals surface area contributed by atoms with Crippen LogP contribution in [0, 0.1) is 0 Å². The van der Waals surface area contributed by atoms with Gasteiger partial charge in [-0.05, 0) is 12.8 Å². The van der Waals surface area contributed by atoms with Gasteiger partial charge in [-0.2, -0.15) is 0 Å². The molecule has 1 saturated heterocycles. The van der Waals surface area contributed by atoms with Crippen molar-refractivity contribution in [3.05, 3.63) is 0 Å². The van der Waals surface area contributed by atoms with Gasteiger partial charge < -0.3 is 25.2 Å². The quantitative estimate of drug-likeness (QED) is 0.311. The lowest BCUT2D eigenvalue weighted by Gasteiger charge is -2.21. The van der Waals surface area contributed by atoms with E-state index in [1.54, 1.807) is 0 Å². The van der Waals surface area contributed by atoms with Crippen LogP contribution in [0.4, 0.5) is 0 Å². The fraction of sp³-hybridized carbons (Fsp3) is 0.875. The number of ether oxygens (including phenoxy) is 1. The van der Waals surface area contributed by atoms with Gasteiger partial charge in [0.2, 0.25) is 0 Å². The summed E-state index contributed by atoms with van der Waals surface area (Å²) in [4.78, 5) is 11.1. The van der Waals surface area contributed by atoms with E-state index in [9.17, 15) is 9.90 Å². The molecule has 1 aliphatic heterocycles. The number of aliphatic hydroxyl groups excluding tert-OH is 2. The predicted octanol–water partition coefficient (Wildman–Crippen LogP) is -1.88. The Kier molecular flexibility index (Phi) is 3.43. The molecule has 4 N–H and O–H groups in total. The Bertz CT molecular complexity index is 214. The zero-order chi connectivity index (χ0) is 10.8. The molecule has 82 valence electrons. The van der Waals surface area contributed by atoms with Gasteiger partial charge in [0.1, 0.15) is 12.2 Å². The topological polar surface area (TPSA) is 107 Å². The summed E-state index contributed by atoms with van der Waals surface area (Å²) in [5, 5.41) is 36.1. The Morgan fingerprint density at radius 1 is 1.57 bits per heavy atom. The largest absolute Gasteiger partial charge is 0.456 e. The van der Waals surface area contributed by atoms with Gasteiger partial charge in [0.15, 0.2) is 0 Å². The molecule has 0 aromatic rings. The fourth-order valence-electron chi connectivity index (χ4n) is 1.33. The predicted molar refractivity (Wildman–Crippen MR) is 44.0 cm³/mol. The first-order valence-corrected chi connectivity index (χ1v) is 4.42. The molecule has 6 heteroatoms. The van der Waals surface area contributed by atoms with E-state index in [-0.39, 0.29) is 6.42 Å². The minimum atomic E-state index is -2.47. The maximum Gasteiger partial charge on any atom is 0.366 e. The first-order valence-electron chi connectivity index (χ1n) is 4.42. The first-order chi connectivity index (χ1) is 6.47. The molecule has 0 bridgehead atoms. The van der Waals surface area contributed by atoms with E-state index >= 15 is 0 Å². The zero-order valence-electron chi connectivity index (χ0n) is 7.59. The second kappa shape index (κ2) is 4.22. The summed E-state index contributed by atoms with van der Waals surface area (Å²) >= 11 is 0. The fourth-order valence-corrected chi connectivity index (χ4v) is 1.33. The van der Waals surface area contributed by atoms with E-state index in [1.807, 2.05) is 0 Å². The number of hydrogen-bond acceptors (Lipinski definition) is 6. The lowest BCUT2D eigenvalue weighted by molar-refractivity contribution is -0.214. The Morgan fingerprint density at radius 2 is 2.21 bits per heavy atom. The highest BCUT2D eigenvalue weighted by atomic mass is 16.6. The molecule has 0 spiro atoms. The maximum absolute atomic E-state index is 11.1. The van der Waals surface area contributed by atoms with Gasteiger partial charge in [0.05, 0.1) is 6.61 Å². The second-order valence-corrected chi connectivity index (χ2v) is 3.40. The highest BCUT2D eigenvalue weighted by molar-refractivity contribution is 5.77. The molecule has 1 heterocycles. The summed E-state index contributed by atoms with van der Waals surface area (Å²) in [5.41, 5.74) is 0. The standard InChI is InChI=1S/C8H14O6/c9-4-5(10)6-2-1-3-8(12,13)7(11)14-6/h5-6,9-10,12-13H,1-4H2. The van der Waals surface area contributed by atoms with Gasteiger partial charge in [-0.15, -0.1) is 0 Å². The zero-order valence-corrected chi connectivity index (χ0v) is 7.59. The molecule has 1 rings (SSSR count). The molecule has 6 nitrogen and oxygen atoms in total. The van der Waals surface area contributed by atoms with Crippen molar-refractivity contribution >= 4 is 5.97 Å². The van der Waals surface area contributed by atoms with E-state index < -0.39 is 30.6 Å². The Balaban J connectivity index is 2.65. The third-order valence-corrected chi connectivity index (χ3v) is 2.22. The van der Waals surface area contributed by atoms with Crippen molar-refractivity contribution in [3.8, 4) is 0 Å². The number of cyclic esters (lactones) is 1. The molecule has 0 amide bonds. The van der Waals surface area contributed by atoms with Gasteiger partial charge in [-0.1, -0.05) is 0 Å². The van der Waals surface area contributed by atoms with Gasteiger partial charge in [-0.3, -0.25) is 0 Å². The number of rotatable bonds is 2. The second-order valence-electron chi connectivity index (χ2n) is 3.40. The smallest absolute Gasteiger partial charge is 0.366 e. The summed E-state index contributed by atoms with van der Waals surface area (Å²) in [6.45, 7) is -0.526. The highest BCUT2D eigenvalue weighted by Gasteiger charge is 2.40. The molecule has 0 aromatic carbocycles. The number of esters is 1.